The minimum absolute atomic E-state index is 0.0893. The highest BCUT2D eigenvalue weighted by Crippen LogP contribution is 2.20. The Morgan fingerprint density at radius 3 is 2.65 bits per heavy atom. The lowest BCUT2D eigenvalue weighted by Gasteiger charge is -2.17. The number of nitrogens with zero attached hydrogens (tertiary/aromatic N) is 1. The van der Waals surface area contributed by atoms with Crippen molar-refractivity contribution in [3.05, 3.63) is 24.3 Å². The van der Waals surface area contributed by atoms with Crippen LogP contribution in [0.3, 0.4) is 0 Å². The van der Waals surface area contributed by atoms with Crippen LogP contribution in [-0.4, -0.2) is 53.5 Å². The van der Waals surface area contributed by atoms with Crippen molar-refractivity contribution in [3.63, 3.8) is 0 Å². The highest BCUT2D eigenvalue weighted by molar-refractivity contribution is 7.92. The number of hydrogen-bond acceptors (Lipinski definition) is 5. The molecule has 0 aliphatic carbocycles. The van der Waals surface area contributed by atoms with E-state index in [-0.39, 0.29) is 18.6 Å². The van der Waals surface area contributed by atoms with Crippen molar-refractivity contribution in [3.8, 4) is 5.75 Å². The van der Waals surface area contributed by atoms with Crippen LogP contribution in [0, 0.1) is 0 Å². The van der Waals surface area contributed by atoms with E-state index in [1.807, 2.05) is 0 Å². The van der Waals surface area contributed by atoms with Crippen molar-refractivity contribution >= 4 is 21.6 Å². The van der Waals surface area contributed by atoms with E-state index < -0.39 is 10.0 Å². The molecule has 0 aromatic heterocycles. The van der Waals surface area contributed by atoms with Gasteiger partial charge in [-0.3, -0.25) is 9.10 Å². The summed E-state index contributed by atoms with van der Waals surface area (Å²) in [5.41, 5.74) is 0.530. The molecule has 1 aliphatic rings. The molecular weight excluding hydrogens is 320 g/mol. The molecule has 1 N–H and O–H groups in total. The second kappa shape index (κ2) is 7.65. The molecule has 1 saturated heterocycles. The van der Waals surface area contributed by atoms with E-state index in [4.69, 9.17) is 9.47 Å². The molecule has 0 spiro atoms. The molecule has 8 heteroatoms. The maximum Gasteiger partial charge on any atom is 0.258 e. The van der Waals surface area contributed by atoms with Gasteiger partial charge in [0.25, 0.3) is 5.91 Å². The largest absolute Gasteiger partial charge is 0.484 e. The van der Waals surface area contributed by atoms with Crippen LogP contribution in [-0.2, 0) is 19.6 Å². The third kappa shape index (κ3) is 5.40. The van der Waals surface area contributed by atoms with Crippen molar-refractivity contribution in [1.29, 1.82) is 0 Å². The summed E-state index contributed by atoms with van der Waals surface area (Å²) in [6, 6.07) is 6.51. The van der Waals surface area contributed by atoms with Gasteiger partial charge in [-0.05, 0) is 37.1 Å². The minimum atomic E-state index is -3.29. The molecule has 1 atom stereocenters. The first-order chi connectivity index (χ1) is 10.9. The zero-order valence-electron chi connectivity index (χ0n) is 13.3. The minimum Gasteiger partial charge on any atom is -0.484 e. The predicted molar refractivity (Wildman–Crippen MR) is 87.2 cm³/mol. The molecule has 1 aromatic rings. The molecule has 1 fully saturated rings. The molecule has 128 valence electrons. The van der Waals surface area contributed by atoms with Crippen LogP contribution in [0.2, 0.25) is 0 Å². The average Bonchev–Trinajstić information content (AvgIpc) is 3.03. The third-order valence-corrected chi connectivity index (χ3v) is 4.82. The Kier molecular flexibility index (Phi) is 5.84. The summed E-state index contributed by atoms with van der Waals surface area (Å²) >= 11 is 0. The van der Waals surface area contributed by atoms with E-state index >= 15 is 0 Å². The Balaban J connectivity index is 1.78. The fourth-order valence-electron chi connectivity index (χ4n) is 2.18. The fourth-order valence-corrected chi connectivity index (χ4v) is 2.68. The van der Waals surface area contributed by atoms with Gasteiger partial charge in [0.2, 0.25) is 10.0 Å². The second-order valence-corrected chi connectivity index (χ2v) is 7.47. The molecule has 0 saturated carbocycles. The number of carbonyl (C=O) groups excluding carboxylic acids is 1. The van der Waals surface area contributed by atoms with E-state index in [0.717, 1.165) is 25.7 Å². The highest BCUT2D eigenvalue weighted by Gasteiger charge is 2.16. The molecule has 1 aliphatic heterocycles. The predicted octanol–water partition coefficient (Wildman–Crippen LogP) is 0.756. The van der Waals surface area contributed by atoms with E-state index in [9.17, 15) is 13.2 Å². The summed E-state index contributed by atoms with van der Waals surface area (Å²) in [6.07, 6.45) is 3.24. The van der Waals surface area contributed by atoms with Gasteiger partial charge >= 0.3 is 0 Å². The van der Waals surface area contributed by atoms with E-state index in [1.54, 1.807) is 24.3 Å². The smallest absolute Gasteiger partial charge is 0.258 e. The number of sulfonamides is 1. The van der Waals surface area contributed by atoms with E-state index in [0.29, 0.717) is 18.0 Å². The lowest BCUT2D eigenvalue weighted by molar-refractivity contribution is -0.123. The molecule has 7 nitrogen and oxygen atoms in total. The van der Waals surface area contributed by atoms with Crippen molar-refractivity contribution < 1.29 is 22.7 Å². The standard InChI is InChI=1S/C15H22N2O5S/c1-17(23(2,19)20)12-5-7-13(8-6-12)22-11-15(18)16-10-14-4-3-9-21-14/h5-8,14H,3-4,9-11H2,1-2H3,(H,16,18). The Morgan fingerprint density at radius 1 is 1.39 bits per heavy atom. The van der Waals surface area contributed by atoms with Crippen LogP contribution in [0.15, 0.2) is 24.3 Å². The molecule has 23 heavy (non-hydrogen) atoms. The second-order valence-electron chi connectivity index (χ2n) is 5.45. The van der Waals surface area contributed by atoms with Crippen LogP contribution in [0.5, 0.6) is 5.75 Å². The van der Waals surface area contributed by atoms with Gasteiger partial charge < -0.3 is 14.8 Å². The van der Waals surface area contributed by atoms with Gasteiger partial charge in [0.15, 0.2) is 6.61 Å². The molecule has 1 heterocycles. The zero-order chi connectivity index (χ0) is 16.9. The summed E-state index contributed by atoms with van der Waals surface area (Å²) in [5.74, 6) is 0.292. The van der Waals surface area contributed by atoms with Crippen LogP contribution in [0.25, 0.3) is 0 Å². The normalized spacial score (nSPS) is 17.7. The van der Waals surface area contributed by atoms with Crippen LogP contribution < -0.4 is 14.4 Å². The van der Waals surface area contributed by atoms with Gasteiger partial charge in [-0.15, -0.1) is 0 Å². The maximum atomic E-state index is 11.7. The number of amides is 1. The number of rotatable bonds is 7. The van der Waals surface area contributed by atoms with Crippen molar-refractivity contribution in [1.82, 2.24) is 5.32 Å². The van der Waals surface area contributed by atoms with Gasteiger partial charge in [-0.1, -0.05) is 0 Å². The summed E-state index contributed by atoms with van der Waals surface area (Å²) in [4.78, 5) is 11.7. The zero-order valence-corrected chi connectivity index (χ0v) is 14.1. The van der Waals surface area contributed by atoms with Crippen LogP contribution in [0.4, 0.5) is 5.69 Å². The Morgan fingerprint density at radius 2 is 2.09 bits per heavy atom. The number of hydrogen-bond donors (Lipinski definition) is 1. The number of anilines is 1. The van der Waals surface area contributed by atoms with Gasteiger partial charge in [0.05, 0.1) is 18.0 Å². The molecule has 1 aromatic carbocycles. The topological polar surface area (TPSA) is 84.9 Å². The highest BCUT2D eigenvalue weighted by atomic mass is 32.2. The van der Waals surface area contributed by atoms with Crippen molar-refractivity contribution in [2.75, 3.05) is 37.4 Å². The number of nitrogens with one attached hydrogen (secondary N) is 1. The molecule has 0 bridgehead atoms. The lowest BCUT2D eigenvalue weighted by Crippen LogP contribution is -2.35. The Bertz CT molecular complexity index is 624. The molecule has 2 rings (SSSR count). The Hall–Kier alpha value is -1.80. The lowest BCUT2D eigenvalue weighted by atomic mass is 10.2. The number of benzene rings is 1. The quantitative estimate of drug-likeness (QED) is 0.791. The number of ether oxygens (including phenoxy) is 2. The molecule has 0 radical (unpaired) electrons. The van der Waals surface area contributed by atoms with E-state index in [2.05, 4.69) is 5.32 Å². The SMILES string of the molecule is CN(c1ccc(OCC(=O)NCC2CCCO2)cc1)S(C)(=O)=O. The van der Waals surface area contributed by atoms with Gasteiger partial charge in [-0.2, -0.15) is 0 Å². The monoisotopic (exact) mass is 342 g/mol. The molecular formula is C15H22N2O5S. The number of carbonyl (C=O) groups is 1. The van der Waals surface area contributed by atoms with E-state index in [1.165, 1.54) is 11.4 Å². The first-order valence-corrected chi connectivity index (χ1v) is 9.26. The Labute approximate surface area is 136 Å². The van der Waals surface area contributed by atoms with Crippen molar-refractivity contribution in [2.45, 2.75) is 18.9 Å². The summed E-state index contributed by atoms with van der Waals surface area (Å²) in [5, 5.41) is 2.77. The maximum absolute atomic E-state index is 11.7. The van der Waals surface area contributed by atoms with Gasteiger partial charge in [-0.25, -0.2) is 8.42 Å². The van der Waals surface area contributed by atoms with Crippen molar-refractivity contribution in [2.24, 2.45) is 0 Å². The first kappa shape index (κ1) is 17.6. The molecule has 1 amide bonds. The third-order valence-electron chi connectivity index (χ3n) is 3.62. The first-order valence-electron chi connectivity index (χ1n) is 7.41. The fraction of sp³-hybridized carbons (Fsp3) is 0.533. The van der Waals surface area contributed by atoms with Gasteiger partial charge in [0.1, 0.15) is 5.75 Å². The molecule has 1 unspecified atom stereocenters. The van der Waals surface area contributed by atoms with Crippen LogP contribution >= 0.6 is 0 Å². The average molecular weight is 342 g/mol. The summed E-state index contributed by atoms with van der Waals surface area (Å²) in [6.45, 7) is 1.17. The van der Waals surface area contributed by atoms with Crippen LogP contribution in [0.1, 0.15) is 12.8 Å². The van der Waals surface area contributed by atoms with Gasteiger partial charge in [0, 0.05) is 20.2 Å². The summed E-state index contributed by atoms with van der Waals surface area (Å²) in [7, 11) is -1.82. The summed E-state index contributed by atoms with van der Waals surface area (Å²) < 4.78 is 34.9.